The summed E-state index contributed by atoms with van der Waals surface area (Å²) in [5, 5.41) is 13.8. The molecule has 3 aromatic rings. The van der Waals surface area contributed by atoms with Crippen LogP contribution in [0.3, 0.4) is 0 Å². The average Bonchev–Trinajstić information content (AvgIpc) is 3.27. The molecule has 0 bridgehead atoms. The van der Waals surface area contributed by atoms with E-state index in [1.807, 2.05) is 42.6 Å². The van der Waals surface area contributed by atoms with Gasteiger partial charge in [-0.3, -0.25) is 4.79 Å². The van der Waals surface area contributed by atoms with Gasteiger partial charge in [-0.05, 0) is 46.2 Å². The summed E-state index contributed by atoms with van der Waals surface area (Å²) in [5.74, 6) is -1.01. The molecular weight excluding hydrogens is 386 g/mol. The second kappa shape index (κ2) is 8.09. The smallest absolute Gasteiger partial charge is 0.407 e. The van der Waals surface area contributed by atoms with Gasteiger partial charge in [0.1, 0.15) is 6.61 Å². The fourth-order valence-corrected chi connectivity index (χ4v) is 4.61. The summed E-state index contributed by atoms with van der Waals surface area (Å²) >= 11 is 1.52. The van der Waals surface area contributed by atoms with E-state index in [0.717, 1.165) is 32.7 Å². The van der Waals surface area contributed by atoms with Crippen molar-refractivity contribution in [3.63, 3.8) is 0 Å². The van der Waals surface area contributed by atoms with Crippen LogP contribution in [0, 0.1) is 6.92 Å². The van der Waals surface area contributed by atoms with Gasteiger partial charge in [-0.1, -0.05) is 48.5 Å². The Morgan fingerprint density at radius 2 is 1.72 bits per heavy atom. The lowest BCUT2D eigenvalue weighted by Gasteiger charge is -2.18. The lowest BCUT2D eigenvalue weighted by atomic mass is 9.98. The third kappa shape index (κ3) is 4.03. The van der Waals surface area contributed by atoms with E-state index >= 15 is 0 Å². The van der Waals surface area contributed by atoms with E-state index in [1.54, 1.807) is 0 Å². The molecule has 6 heteroatoms. The van der Waals surface area contributed by atoms with Crippen molar-refractivity contribution < 1.29 is 19.4 Å². The number of aryl methyl sites for hydroxylation is 1. The second-order valence-corrected chi connectivity index (χ2v) is 8.23. The topological polar surface area (TPSA) is 75.6 Å². The van der Waals surface area contributed by atoms with Gasteiger partial charge < -0.3 is 15.2 Å². The highest BCUT2D eigenvalue weighted by atomic mass is 32.1. The minimum atomic E-state index is -0.974. The number of alkyl carbamates (subject to hydrolysis) is 1. The molecule has 1 heterocycles. The summed E-state index contributed by atoms with van der Waals surface area (Å²) in [6, 6.07) is 17.5. The maximum absolute atomic E-state index is 12.5. The van der Waals surface area contributed by atoms with Gasteiger partial charge in [-0.15, -0.1) is 11.3 Å². The van der Waals surface area contributed by atoms with Crippen LogP contribution in [0.4, 0.5) is 4.79 Å². The molecule has 4 rings (SSSR count). The number of carboxylic acids is 1. The molecular formula is C23H21NO4S. The predicted octanol–water partition coefficient (Wildman–Crippen LogP) is 5.11. The number of benzene rings is 2. The van der Waals surface area contributed by atoms with Gasteiger partial charge in [0.2, 0.25) is 0 Å². The largest absolute Gasteiger partial charge is 0.481 e. The van der Waals surface area contributed by atoms with E-state index in [2.05, 4.69) is 29.6 Å². The Kier molecular flexibility index (Phi) is 5.36. The van der Waals surface area contributed by atoms with E-state index in [0.29, 0.717) is 0 Å². The molecule has 0 fully saturated rings. The second-order valence-electron chi connectivity index (χ2n) is 7.11. The monoisotopic (exact) mass is 407 g/mol. The fraction of sp³-hybridized carbons (Fsp3) is 0.217. The van der Waals surface area contributed by atoms with Gasteiger partial charge >= 0.3 is 12.1 Å². The van der Waals surface area contributed by atoms with Crippen LogP contribution in [0.5, 0.6) is 0 Å². The van der Waals surface area contributed by atoms with Gasteiger partial charge in [0.15, 0.2) is 0 Å². The van der Waals surface area contributed by atoms with E-state index in [9.17, 15) is 14.7 Å². The quantitative estimate of drug-likeness (QED) is 0.595. The summed E-state index contributed by atoms with van der Waals surface area (Å²) in [5.41, 5.74) is 5.38. The Labute approximate surface area is 173 Å². The number of amides is 1. The van der Waals surface area contributed by atoms with Crippen LogP contribution in [0.2, 0.25) is 0 Å². The normalized spacial score (nSPS) is 13.4. The van der Waals surface area contributed by atoms with Crippen LogP contribution in [0.1, 0.15) is 39.9 Å². The Hall–Kier alpha value is -3.12. The van der Waals surface area contributed by atoms with Crippen molar-refractivity contribution in [2.75, 3.05) is 6.61 Å². The number of fused-ring (bicyclic) bond motifs is 3. The maximum Gasteiger partial charge on any atom is 0.407 e. The molecule has 0 saturated carbocycles. The van der Waals surface area contributed by atoms with Crippen molar-refractivity contribution in [2.24, 2.45) is 0 Å². The van der Waals surface area contributed by atoms with Crippen LogP contribution < -0.4 is 5.32 Å². The number of nitrogens with one attached hydrogen (secondary N) is 1. The summed E-state index contributed by atoms with van der Waals surface area (Å²) in [7, 11) is 0. The van der Waals surface area contributed by atoms with Crippen molar-refractivity contribution in [2.45, 2.75) is 25.3 Å². The lowest BCUT2D eigenvalue weighted by Crippen LogP contribution is -2.31. The molecule has 1 unspecified atom stereocenters. The minimum Gasteiger partial charge on any atom is -0.481 e. The molecule has 1 aliphatic carbocycles. The number of thiophene rings is 1. The molecule has 1 aromatic heterocycles. The van der Waals surface area contributed by atoms with Crippen LogP contribution >= 0.6 is 11.3 Å². The molecule has 1 atom stereocenters. The third-order valence-corrected chi connectivity index (χ3v) is 6.05. The first-order chi connectivity index (χ1) is 14.0. The number of hydrogen-bond donors (Lipinski definition) is 2. The number of carbonyl (C=O) groups is 2. The Balaban J connectivity index is 1.47. The van der Waals surface area contributed by atoms with Crippen molar-refractivity contribution in [1.82, 2.24) is 5.32 Å². The SMILES string of the molecule is Cc1cc(C(CC(=O)O)NC(=O)OCC2c3ccccc3-c3ccccc32)cs1. The highest BCUT2D eigenvalue weighted by Gasteiger charge is 2.29. The minimum absolute atomic E-state index is 0.0329. The van der Waals surface area contributed by atoms with Crippen LogP contribution in [-0.2, 0) is 9.53 Å². The average molecular weight is 407 g/mol. The first-order valence-electron chi connectivity index (χ1n) is 9.41. The molecule has 1 aliphatic rings. The molecule has 5 nitrogen and oxygen atoms in total. The van der Waals surface area contributed by atoms with E-state index in [-0.39, 0.29) is 18.9 Å². The summed E-state index contributed by atoms with van der Waals surface area (Å²) in [6.07, 6.45) is -0.803. The van der Waals surface area contributed by atoms with Gasteiger partial charge in [0, 0.05) is 10.8 Å². The Morgan fingerprint density at radius 3 is 2.28 bits per heavy atom. The Bertz CT molecular complexity index is 1010. The standard InChI is InChI=1S/C23H21NO4S/c1-14-10-15(13-29-14)21(11-22(25)26)24-23(27)28-12-20-18-8-4-2-6-16(18)17-7-3-5-9-19(17)20/h2-10,13,20-21H,11-12H2,1H3,(H,24,27)(H,25,26). The zero-order valence-electron chi connectivity index (χ0n) is 15.9. The van der Waals surface area contributed by atoms with E-state index < -0.39 is 18.1 Å². The van der Waals surface area contributed by atoms with Gasteiger partial charge in [-0.2, -0.15) is 0 Å². The van der Waals surface area contributed by atoms with Crippen molar-refractivity contribution in [1.29, 1.82) is 0 Å². The number of carbonyl (C=O) groups excluding carboxylic acids is 1. The van der Waals surface area contributed by atoms with Crippen LogP contribution in [-0.4, -0.2) is 23.8 Å². The zero-order chi connectivity index (χ0) is 20.4. The number of rotatable bonds is 6. The molecule has 2 N–H and O–H groups in total. The number of hydrogen-bond acceptors (Lipinski definition) is 4. The molecule has 0 radical (unpaired) electrons. The highest BCUT2D eigenvalue weighted by Crippen LogP contribution is 2.44. The van der Waals surface area contributed by atoms with Crippen molar-refractivity contribution >= 4 is 23.4 Å². The fourth-order valence-electron chi connectivity index (χ4n) is 3.86. The van der Waals surface area contributed by atoms with E-state index in [1.165, 1.54) is 11.3 Å². The van der Waals surface area contributed by atoms with Crippen LogP contribution in [0.15, 0.2) is 60.0 Å². The lowest BCUT2D eigenvalue weighted by molar-refractivity contribution is -0.137. The summed E-state index contributed by atoms with van der Waals surface area (Å²) < 4.78 is 5.54. The van der Waals surface area contributed by atoms with E-state index in [4.69, 9.17) is 4.74 Å². The molecule has 0 saturated heterocycles. The molecule has 2 aromatic carbocycles. The third-order valence-electron chi connectivity index (χ3n) is 5.17. The summed E-state index contributed by atoms with van der Waals surface area (Å²) in [4.78, 5) is 24.8. The molecule has 1 amide bonds. The van der Waals surface area contributed by atoms with Crippen LogP contribution in [0.25, 0.3) is 11.1 Å². The molecule has 0 aliphatic heterocycles. The number of aliphatic carboxylic acids is 1. The highest BCUT2D eigenvalue weighted by molar-refractivity contribution is 7.10. The first kappa shape index (κ1) is 19.2. The van der Waals surface area contributed by atoms with Gasteiger partial charge in [-0.25, -0.2) is 4.79 Å². The molecule has 0 spiro atoms. The summed E-state index contributed by atoms with van der Waals surface area (Å²) in [6.45, 7) is 2.14. The predicted molar refractivity (Wildman–Crippen MR) is 112 cm³/mol. The Morgan fingerprint density at radius 1 is 1.10 bits per heavy atom. The molecule has 148 valence electrons. The van der Waals surface area contributed by atoms with Gasteiger partial charge in [0.25, 0.3) is 0 Å². The maximum atomic E-state index is 12.5. The van der Waals surface area contributed by atoms with Crippen molar-refractivity contribution in [3.8, 4) is 11.1 Å². The van der Waals surface area contributed by atoms with Gasteiger partial charge in [0.05, 0.1) is 12.5 Å². The molecule has 29 heavy (non-hydrogen) atoms. The number of carboxylic acid groups (broad SMARTS) is 1. The van der Waals surface area contributed by atoms with Crippen molar-refractivity contribution in [3.05, 3.63) is 81.5 Å². The number of ether oxygens (including phenoxy) is 1. The zero-order valence-corrected chi connectivity index (χ0v) is 16.7. The first-order valence-corrected chi connectivity index (χ1v) is 10.3.